The van der Waals surface area contributed by atoms with E-state index in [2.05, 4.69) is 44.5 Å². The standard InChI is InChI=1S/C16H27N3O2/c1-6-9-20-14-12(17)7-8-13(18-14)19-10-15(2,3)21-16(4,5)11-19/h7-8H,6,9-11,17H2,1-5H3. The Morgan fingerprint density at radius 3 is 2.43 bits per heavy atom. The van der Waals surface area contributed by atoms with Gasteiger partial charge in [-0.3, -0.25) is 0 Å². The van der Waals surface area contributed by atoms with Gasteiger partial charge in [0.2, 0.25) is 5.88 Å². The number of nitrogen functional groups attached to an aromatic ring is 1. The monoisotopic (exact) mass is 293 g/mol. The Morgan fingerprint density at radius 1 is 1.24 bits per heavy atom. The van der Waals surface area contributed by atoms with Crippen LogP contribution in [0.2, 0.25) is 0 Å². The molecule has 5 nitrogen and oxygen atoms in total. The topological polar surface area (TPSA) is 60.6 Å². The van der Waals surface area contributed by atoms with Crippen molar-refractivity contribution < 1.29 is 9.47 Å². The van der Waals surface area contributed by atoms with Crippen LogP contribution in [-0.4, -0.2) is 35.9 Å². The molecule has 118 valence electrons. The molecule has 2 rings (SSSR count). The summed E-state index contributed by atoms with van der Waals surface area (Å²) >= 11 is 0. The molecule has 0 unspecified atom stereocenters. The fraction of sp³-hybridized carbons (Fsp3) is 0.688. The van der Waals surface area contributed by atoms with E-state index in [-0.39, 0.29) is 11.2 Å². The van der Waals surface area contributed by atoms with Gasteiger partial charge in [0, 0.05) is 13.1 Å². The Morgan fingerprint density at radius 2 is 1.86 bits per heavy atom. The summed E-state index contributed by atoms with van der Waals surface area (Å²) in [5.41, 5.74) is 6.09. The zero-order valence-corrected chi connectivity index (χ0v) is 13.8. The van der Waals surface area contributed by atoms with Gasteiger partial charge in [-0.15, -0.1) is 0 Å². The molecule has 0 spiro atoms. The molecule has 21 heavy (non-hydrogen) atoms. The van der Waals surface area contributed by atoms with Gasteiger partial charge in [0.05, 0.1) is 23.5 Å². The number of nitrogens with two attached hydrogens (primary N) is 1. The SMILES string of the molecule is CCCOc1nc(N2CC(C)(C)OC(C)(C)C2)ccc1N. The third-order valence-corrected chi connectivity index (χ3v) is 3.34. The Bertz CT molecular complexity index is 484. The zero-order chi connectivity index (χ0) is 15.7. The van der Waals surface area contributed by atoms with Gasteiger partial charge < -0.3 is 20.1 Å². The molecule has 2 N–H and O–H groups in total. The average molecular weight is 293 g/mol. The fourth-order valence-electron chi connectivity index (χ4n) is 2.88. The van der Waals surface area contributed by atoms with Crippen molar-refractivity contribution >= 4 is 11.5 Å². The van der Waals surface area contributed by atoms with Gasteiger partial charge >= 0.3 is 0 Å². The third-order valence-electron chi connectivity index (χ3n) is 3.34. The molecule has 5 heteroatoms. The van der Waals surface area contributed by atoms with Crippen LogP contribution in [0.5, 0.6) is 5.88 Å². The molecule has 0 amide bonds. The number of nitrogens with zero attached hydrogens (tertiary/aromatic N) is 2. The van der Waals surface area contributed by atoms with Crippen LogP contribution in [0.15, 0.2) is 12.1 Å². The van der Waals surface area contributed by atoms with Gasteiger partial charge in [0.1, 0.15) is 5.82 Å². The number of aromatic nitrogens is 1. The molecule has 0 radical (unpaired) electrons. The van der Waals surface area contributed by atoms with Crippen LogP contribution in [0.3, 0.4) is 0 Å². The first-order valence-electron chi connectivity index (χ1n) is 7.57. The van der Waals surface area contributed by atoms with Crippen LogP contribution in [0.1, 0.15) is 41.0 Å². The predicted molar refractivity (Wildman–Crippen MR) is 85.9 cm³/mol. The maximum Gasteiger partial charge on any atom is 0.239 e. The Kier molecular flexibility index (Phi) is 4.33. The summed E-state index contributed by atoms with van der Waals surface area (Å²) in [6.45, 7) is 12.7. The minimum atomic E-state index is -0.213. The molecule has 0 saturated carbocycles. The van der Waals surface area contributed by atoms with Crippen molar-refractivity contribution in [1.29, 1.82) is 0 Å². The van der Waals surface area contributed by atoms with Crippen LogP contribution in [0.4, 0.5) is 11.5 Å². The van der Waals surface area contributed by atoms with Crippen molar-refractivity contribution in [3.63, 3.8) is 0 Å². The number of pyridine rings is 1. The maximum atomic E-state index is 6.11. The van der Waals surface area contributed by atoms with Crippen molar-refractivity contribution in [3.8, 4) is 5.88 Å². The number of anilines is 2. The van der Waals surface area contributed by atoms with E-state index in [9.17, 15) is 0 Å². The normalized spacial score (nSPS) is 20.3. The minimum Gasteiger partial charge on any atom is -0.476 e. The molecule has 1 aliphatic heterocycles. The molecule has 1 aromatic rings. The smallest absolute Gasteiger partial charge is 0.239 e. The van der Waals surface area contributed by atoms with E-state index in [1.807, 2.05) is 12.1 Å². The highest BCUT2D eigenvalue weighted by atomic mass is 16.5. The van der Waals surface area contributed by atoms with E-state index in [0.29, 0.717) is 18.2 Å². The summed E-state index contributed by atoms with van der Waals surface area (Å²) in [6.07, 6.45) is 0.933. The van der Waals surface area contributed by atoms with Crippen molar-refractivity contribution in [2.75, 3.05) is 30.3 Å². The van der Waals surface area contributed by atoms with Crippen LogP contribution >= 0.6 is 0 Å². The highest BCUT2D eigenvalue weighted by molar-refractivity contribution is 5.55. The quantitative estimate of drug-likeness (QED) is 0.925. The molecule has 1 aliphatic rings. The van der Waals surface area contributed by atoms with Crippen molar-refractivity contribution in [2.45, 2.75) is 52.2 Å². The van der Waals surface area contributed by atoms with Gasteiger partial charge in [-0.25, -0.2) is 0 Å². The van der Waals surface area contributed by atoms with Gasteiger partial charge in [0.15, 0.2) is 0 Å². The van der Waals surface area contributed by atoms with E-state index >= 15 is 0 Å². The number of ether oxygens (including phenoxy) is 2. The van der Waals surface area contributed by atoms with Crippen LogP contribution < -0.4 is 15.4 Å². The first-order chi connectivity index (χ1) is 9.72. The maximum absolute atomic E-state index is 6.11. The zero-order valence-electron chi connectivity index (χ0n) is 13.8. The molecule has 0 aliphatic carbocycles. The molecule has 0 aromatic carbocycles. The third kappa shape index (κ3) is 4.00. The average Bonchev–Trinajstić information content (AvgIpc) is 2.34. The van der Waals surface area contributed by atoms with Crippen molar-refractivity contribution in [2.24, 2.45) is 0 Å². The lowest BCUT2D eigenvalue weighted by Crippen LogP contribution is -2.57. The minimum absolute atomic E-state index is 0.213. The van der Waals surface area contributed by atoms with Crippen LogP contribution in [0, 0.1) is 0 Å². The molecule has 2 heterocycles. The van der Waals surface area contributed by atoms with Gasteiger partial charge in [-0.05, 0) is 46.2 Å². The summed E-state index contributed by atoms with van der Waals surface area (Å²) in [5.74, 6) is 1.41. The first-order valence-corrected chi connectivity index (χ1v) is 7.57. The highest BCUT2D eigenvalue weighted by Crippen LogP contribution is 2.32. The van der Waals surface area contributed by atoms with Crippen LogP contribution in [-0.2, 0) is 4.74 Å². The second-order valence-corrected chi connectivity index (χ2v) is 6.89. The lowest BCUT2D eigenvalue weighted by atomic mass is 9.99. The molecule has 0 bridgehead atoms. The molecule has 1 saturated heterocycles. The summed E-state index contributed by atoms with van der Waals surface area (Å²) in [6, 6.07) is 3.81. The van der Waals surface area contributed by atoms with Crippen molar-refractivity contribution in [3.05, 3.63) is 12.1 Å². The van der Waals surface area contributed by atoms with Gasteiger partial charge in [-0.1, -0.05) is 6.92 Å². The lowest BCUT2D eigenvalue weighted by Gasteiger charge is -2.47. The summed E-state index contributed by atoms with van der Waals surface area (Å²) < 4.78 is 11.7. The van der Waals surface area contributed by atoms with Crippen LogP contribution in [0.25, 0.3) is 0 Å². The van der Waals surface area contributed by atoms with E-state index in [4.69, 9.17) is 15.2 Å². The number of hydrogen-bond donors (Lipinski definition) is 1. The second kappa shape index (κ2) is 5.72. The molecular weight excluding hydrogens is 266 g/mol. The number of rotatable bonds is 4. The number of hydrogen-bond acceptors (Lipinski definition) is 5. The highest BCUT2D eigenvalue weighted by Gasteiger charge is 2.38. The Labute approximate surface area is 127 Å². The summed E-state index contributed by atoms with van der Waals surface area (Å²) in [7, 11) is 0. The van der Waals surface area contributed by atoms with Gasteiger partial charge in [0.25, 0.3) is 0 Å². The van der Waals surface area contributed by atoms with E-state index < -0.39 is 0 Å². The molecule has 1 fully saturated rings. The molecular formula is C16H27N3O2. The largest absolute Gasteiger partial charge is 0.476 e. The predicted octanol–water partition coefficient (Wildman–Crippen LogP) is 2.85. The molecule has 0 atom stereocenters. The lowest BCUT2D eigenvalue weighted by molar-refractivity contribution is -0.133. The van der Waals surface area contributed by atoms with E-state index in [1.54, 1.807) is 0 Å². The Balaban J connectivity index is 2.24. The summed E-state index contributed by atoms with van der Waals surface area (Å²) in [5, 5.41) is 0. The summed E-state index contributed by atoms with van der Waals surface area (Å²) in [4.78, 5) is 6.83. The second-order valence-electron chi connectivity index (χ2n) is 6.89. The molecule has 1 aromatic heterocycles. The fourth-order valence-corrected chi connectivity index (χ4v) is 2.88. The first kappa shape index (κ1) is 15.9. The van der Waals surface area contributed by atoms with E-state index in [0.717, 1.165) is 25.3 Å². The van der Waals surface area contributed by atoms with Crippen molar-refractivity contribution in [1.82, 2.24) is 4.98 Å². The van der Waals surface area contributed by atoms with E-state index in [1.165, 1.54) is 0 Å². The Hall–Kier alpha value is -1.49. The number of morpholine rings is 1. The van der Waals surface area contributed by atoms with Gasteiger partial charge in [-0.2, -0.15) is 4.98 Å².